The molecule has 0 spiro atoms. The molecule has 0 bridgehead atoms. The van der Waals surface area contributed by atoms with E-state index in [9.17, 15) is 22.8 Å². The van der Waals surface area contributed by atoms with Crippen molar-refractivity contribution in [2.24, 2.45) is 0 Å². The molecule has 0 saturated heterocycles. The number of alkyl halides is 3. The van der Waals surface area contributed by atoms with E-state index in [4.69, 9.17) is 11.6 Å². The summed E-state index contributed by atoms with van der Waals surface area (Å²) in [5.74, 6) is 0.114. The number of nitrogens with zero attached hydrogens (tertiary/aromatic N) is 2. The molecule has 1 N–H and O–H groups in total. The zero-order valence-corrected chi connectivity index (χ0v) is 15.4. The number of aryl methyl sites for hydroxylation is 2. The number of hydrogen-bond acceptors (Lipinski definition) is 4. The highest BCUT2D eigenvalue weighted by atomic mass is 35.5. The number of thiophene rings is 1. The van der Waals surface area contributed by atoms with Gasteiger partial charge in [-0.1, -0.05) is 11.6 Å². The Bertz CT molecular complexity index is 1160. The van der Waals surface area contributed by atoms with Crippen molar-refractivity contribution in [3.63, 3.8) is 0 Å². The van der Waals surface area contributed by atoms with Crippen LogP contribution < -0.4 is 11.1 Å². The zero-order chi connectivity index (χ0) is 19.3. The number of nitrogens with one attached hydrogen (secondary N) is 1. The molecule has 4 rings (SSSR count). The van der Waals surface area contributed by atoms with Crippen molar-refractivity contribution in [2.75, 3.05) is 0 Å². The average molecular weight is 416 g/mol. The molecule has 0 atom stereocenters. The van der Waals surface area contributed by atoms with Crippen LogP contribution in [0.2, 0.25) is 5.02 Å². The molecule has 142 valence electrons. The van der Waals surface area contributed by atoms with E-state index in [1.54, 1.807) is 0 Å². The lowest BCUT2D eigenvalue weighted by Gasteiger charge is -2.11. The number of halogens is 4. The van der Waals surface area contributed by atoms with Gasteiger partial charge < -0.3 is 9.55 Å². The molecular formula is C17H13ClF3N3O2S. The Kier molecular flexibility index (Phi) is 4.38. The van der Waals surface area contributed by atoms with Crippen LogP contribution >= 0.6 is 22.9 Å². The van der Waals surface area contributed by atoms with E-state index in [0.29, 0.717) is 22.5 Å². The molecule has 0 amide bonds. The topological polar surface area (TPSA) is 67.8 Å². The van der Waals surface area contributed by atoms with Crippen LogP contribution in [0.15, 0.2) is 21.9 Å². The summed E-state index contributed by atoms with van der Waals surface area (Å²) in [7, 11) is 0. The first-order valence-corrected chi connectivity index (χ1v) is 9.44. The van der Waals surface area contributed by atoms with Crippen LogP contribution in [0, 0.1) is 0 Å². The summed E-state index contributed by atoms with van der Waals surface area (Å²) < 4.78 is 39.7. The van der Waals surface area contributed by atoms with Gasteiger partial charge in [-0.3, -0.25) is 9.59 Å². The Hall–Kier alpha value is -2.13. The van der Waals surface area contributed by atoms with Crippen molar-refractivity contribution in [1.82, 2.24) is 14.5 Å². The van der Waals surface area contributed by atoms with E-state index < -0.39 is 22.3 Å². The number of pyridine rings is 1. The lowest BCUT2D eigenvalue weighted by atomic mass is 9.97. The third kappa shape index (κ3) is 3.29. The predicted octanol–water partition coefficient (Wildman–Crippen LogP) is 3.75. The molecule has 1 aliphatic rings. The standard InChI is InChI=1S/C17H13ClF3N3O2S/c18-10-5-8(17(19,20)21)6-24(16(10)26)7-12-22-14(25)13-9-3-1-2-4-11(9)27-15(13)23-12/h5-6H,1-4,7H2,(H,22,23,25). The van der Waals surface area contributed by atoms with E-state index in [2.05, 4.69) is 9.97 Å². The van der Waals surface area contributed by atoms with E-state index in [1.165, 1.54) is 11.3 Å². The van der Waals surface area contributed by atoms with Gasteiger partial charge in [0.25, 0.3) is 11.1 Å². The lowest BCUT2D eigenvalue weighted by molar-refractivity contribution is -0.138. The molecule has 3 aromatic rings. The fourth-order valence-electron chi connectivity index (χ4n) is 3.32. The normalized spacial score (nSPS) is 14.5. The van der Waals surface area contributed by atoms with Crippen LogP contribution in [0.25, 0.3) is 10.2 Å². The first kappa shape index (κ1) is 18.2. The summed E-state index contributed by atoms with van der Waals surface area (Å²) in [6, 6.07) is 0.590. The summed E-state index contributed by atoms with van der Waals surface area (Å²) in [5, 5.41) is 0.00714. The van der Waals surface area contributed by atoms with Gasteiger partial charge in [-0.15, -0.1) is 11.3 Å². The number of fused-ring (bicyclic) bond motifs is 3. The summed E-state index contributed by atoms with van der Waals surface area (Å²) in [4.78, 5) is 33.3. The minimum Gasteiger partial charge on any atom is -0.308 e. The van der Waals surface area contributed by atoms with Crippen molar-refractivity contribution in [3.05, 3.63) is 59.8 Å². The monoisotopic (exact) mass is 415 g/mol. The average Bonchev–Trinajstić information content (AvgIpc) is 2.96. The number of aromatic nitrogens is 3. The van der Waals surface area contributed by atoms with Gasteiger partial charge in [0.2, 0.25) is 0 Å². The van der Waals surface area contributed by atoms with Gasteiger partial charge in [0.05, 0.1) is 17.5 Å². The second-order valence-corrected chi connectivity index (χ2v) is 7.90. The number of rotatable bonds is 2. The molecule has 0 fully saturated rings. The summed E-state index contributed by atoms with van der Waals surface area (Å²) in [6.45, 7) is -0.309. The third-order valence-electron chi connectivity index (χ3n) is 4.56. The lowest BCUT2D eigenvalue weighted by Crippen LogP contribution is -2.25. The predicted molar refractivity (Wildman–Crippen MR) is 96.7 cm³/mol. The van der Waals surface area contributed by atoms with E-state index in [-0.39, 0.29) is 17.9 Å². The Morgan fingerprint density at radius 1 is 1.26 bits per heavy atom. The maximum atomic E-state index is 13.0. The van der Waals surface area contributed by atoms with Crippen LogP contribution in [0.3, 0.4) is 0 Å². The highest BCUT2D eigenvalue weighted by Gasteiger charge is 2.32. The molecule has 1 aliphatic carbocycles. The number of aromatic amines is 1. The largest absolute Gasteiger partial charge is 0.417 e. The van der Waals surface area contributed by atoms with Gasteiger partial charge in [-0.2, -0.15) is 13.2 Å². The van der Waals surface area contributed by atoms with Gasteiger partial charge in [0.1, 0.15) is 15.7 Å². The molecule has 5 nitrogen and oxygen atoms in total. The maximum Gasteiger partial charge on any atom is 0.417 e. The maximum absolute atomic E-state index is 13.0. The molecule has 27 heavy (non-hydrogen) atoms. The van der Waals surface area contributed by atoms with Crippen LogP contribution in [0.4, 0.5) is 13.2 Å². The summed E-state index contributed by atoms with van der Waals surface area (Å²) in [5.41, 5.74) is -1.14. The van der Waals surface area contributed by atoms with Gasteiger partial charge in [0.15, 0.2) is 0 Å². The van der Waals surface area contributed by atoms with Crippen LogP contribution in [-0.2, 0) is 25.6 Å². The van der Waals surface area contributed by atoms with Gasteiger partial charge in [-0.05, 0) is 37.3 Å². The van der Waals surface area contributed by atoms with Crippen molar-refractivity contribution < 1.29 is 13.2 Å². The molecule has 3 aromatic heterocycles. The molecule has 10 heteroatoms. The van der Waals surface area contributed by atoms with Crippen molar-refractivity contribution >= 4 is 33.2 Å². The molecule has 0 aliphatic heterocycles. The molecule has 3 heterocycles. The van der Waals surface area contributed by atoms with Gasteiger partial charge in [-0.25, -0.2) is 4.98 Å². The Morgan fingerprint density at radius 2 is 2.00 bits per heavy atom. The van der Waals surface area contributed by atoms with Gasteiger partial charge >= 0.3 is 6.18 Å². The molecule has 0 unspecified atom stereocenters. The highest BCUT2D eigenvalue weighted by Crippen LogP contribution is 2.33. The first-order valence-electron chi connectivity index (χ1n) is 8.24. The summed E-state index contributed by atoms with van der Waals surface area (Å²) in [6.07, 6.45) is -0.175. The van der Waals surface area contributed by atoms with Crippen LogP contribution in [0.1, 0.15) is 34.7 Å². The van der Waals surface area contributed by atoms with E-state index in [0.717, 1.165) is 40.7 Å². The molecule has 0 aromatic carbocycles. The van der Waals surface area contributed by atoms with Crippen molar-refractivity contribution in [1.29, 1.82) is 0 Å². The number of H-pyrrole nitrogens is 1. The molecule has 0 radical (unpaired) electrons. The third-order valence-corrected chi connectivity index (χ3v) is 6.02. The Labute approximate surface area is 159 Å². The Balaban J connectivity index is 1.80. The molecule has 0 saturated carbocycles. The second-order valence-electron chi connectivity index (χ2n) is 6.41. The second kappa shape index (κ2) is 6.49. The quantitative estimate of drug-likeness (QED) is 0.693. The van der Waals surface area contributed by atoms with Crippen molar-refractivity contribution in [2.45, 2.75) is 38.4 Å². The van der Waals surface area contributed by atoms with E-state index >= 15 is 0 Å². The smallest absolute Gasteiger partial charge is 0.308 e. The Morgan fingerprint density at radius 3 is 2.74 bits per heavy atom. The van der Waals surface area contributed by atoms with Crippen LogP contribution in [0.5, 0.6) is 0 Å². The first-order chi connectivity index (χ1) is 12.7. The zero-order valence-electron chi connectivity index (χ0n) is 13.8. The van der Waals surface area contributed by atoms with Gasteiger partial charge in [0, 0.05) is 11.1 Å². The fourth-order valence-corrected chi connectivity index (χ4v) is 4.82. The number of hydrogen-bond donors (Lipinski definition) is 1. The van der Waals surface area contributed by atoms with Crippen LogP contribution in [-0.4, -0.2) is 14.5 Å². The van der Waals surface area contributed by atoms with Crippen molar-refractivity contribution in [3.8, 4) is 0 Å². The SMILES string of the molecule is O=c1[nH]c(Cn2cc(C(F)(F)F)cc(Cl)c2=O)nc2sc3c(c12)CCCC3. The minimum absolute atomic E-state index is 0.114. The summed E-state index contributed by atoms with van der Waals surface area (Å²) >= 11 is 7.09. The minimum atomic E-state index is -4.64. The fraction of sp³-hybridized carbons (Fsp3) is 0.353. The van der Waals surface area contributed by atoms with E-state index in [1.807, 2.05) is 0 Å². The highest BCUT2D eigenvalue weighted by molar-refractivity contribution is 7.18. The molecular weight excluding hydrogens is 403 g/mol.